The lowest BCUT2D eigenvalue weighted by Gasteiger charge is -2.49. The van der Waals surface area contributed by atoms with Crippen LogP contribution in [0.3, 0.4) is 0 Å². The highest BCUT2D eigenvalue weighted by Gasteiger charge is 2.45. The molecule has 0 unspecified atom stereocenters. The van der Waals surface area contributed by atoms with E-state index in [1.165, 1.54) is 18.2 Å². The molecule has 42 heavy (non-hydrogen) atoms. The fraction of sp³-hybridized carbons (Fsp3) is 0.531. The van der Waals surface area contributed by atoms with E-state index >= 15 is 0 Å². The highest BCUT2D eigenvalue weighted by molar-refractivity contribution is 7.91. The Bertz CT molecular complexity index is 1490. The molecule has 3 fully saturated rings. The number of ether oxygens (including phenoxy) is 2. The van der Waals surface area contributed by atoms with Gasteiger partial charge in [0, 0.05) is 75.1 Å². The van der Waals surface area contributed by atoms with E-state index in [-0.39, 0.29) is 17.4 Å². The van der Waals surface area contributed by atoms with Crippen LogP contribution in [0.25, 0.3) is 22.2 Å². The second kappa shape index (κ2) is 12.1. The van der Waals surface area contributed by atoms with Gasteiger partial charge in [-0.05, 0) is 35.4 Å². The van der Waals surface area contributed by atoms with Crippen molar-refractivity contribution in [2.24, 2.45) is 0 Å². The normalized spacial score (nSPS) is 21.0. The smallest absolute Gasteiger partial charge is 0.221 e. The van der Waals surface area contributed by atoms with E-state index in [2.05, 4.69) is 40.4 Å². The zero-order valence-electron chi connectivity index (χ0n) is 24.7. The number of fused-ring (bicyclic) bond motifs is 1. The molecule has 2 N–H and O–H groups in total. The third-order valence-corrected chi connectivity index (χ3v) is 11.2. The van der Waals surface area contributed by atoms with Crippen LogP contribution in [-0.4, -0.2) is 94.4 Å². The SMILES string of the molecule is CC(=O)Nc1ccc(-c2cc3cc(CN4CCS(=O)(=O)CC4)cc([N+](C)(C4CCOCC4)C4CCOCC4)c3[nH]2)cc1. The largest absolute Gasteiger partial charge is 0.381 e. The lowest BCUT2D eigenvalue weighted by atomic mass is 9.93. The second-order valence-electron chi connectivity index (χ2n) is 12.3. The number of H-pyrrole nitrogens is 1. The number of hydrogen-bond acceptors (Lipinski definition) is 6. The molecule has 3 aliphatic heterocycles. The van der Waals surface area contributed by atoms with Gasteiger partial charge in [0.05, 0.1) is 57.1 Å². The minimum Gasteiger partial charge on any atom is -0.381 e. The van der Waals surface area contributed by atoms with Gasteiger partial charge in [-0.3, -0.25) is 14.2 Å². The number of aromatic amines is 1. The molecule has 10 heteroatoms. The van der Waals surface area contributed by atoms with E-state index in [0.717, 1.165) is 91.0 Å². The second-order valence-corrected chi connectivity index (χ2v) is 14.6. The predicted molar refractivity (Wildman–Crippen MR) is 167 cm³/mol. The number of anilines is 1. The number of benzene rings is 2. The summed E-state index contributed by atoms with van der Waals surface area (Å²) in [6.07, 6.45) is 4.06. The molecule has 0 bridgehead atoms. The summed E-state index contributed by atoms with van der Waals surface area (Å²) in [5, 5.41) is 4.01. The standard InChI is InChI=1S/C32H42N4O5S/c1-23(37)33-27-5-3-25(4-6-27)30-21-26-19-24(22-35-11-17-42(38,39)18-12-35)20-31(32(26)34-30)36(2,28-7-13-40-14-8-28)29-9-15-41-16-10-29/h3-6,19-21,28-29,34H,7-18,22H2,1-2H3/p+1. The molecule has 0 aliphatic carbocycles. The average Bonchev–Trinajstić information content (AvgIpc) is 3.42. The molecule has 6 rings (SSSR count). The summed E-state index contributed by atoms with van der Waals surface area (Å²) in [6.45, 7) is 6.51. The van der Waals surface area contributed by atoms with E-state index in [4.69, 9.17) is 9.47 Å². The number of carbonyl (C=O) groups is 1. The number of quaternary nitrogens is 1. The number of carbonyl (C=O) groups excluding carboxylic acids is 1. The highest BCUT2D eigenvalue weighted by atomic mass is 32.2. The van der Waals surface area contributed by atoms with Crippen LogP contribution in [0.5, 0.6) is 0 Å². The van der Waals surface area contributed by atoms with Crippen LogP contribution in [0.4, 0.5) is 11.4 Å². The lowest BCUT2D eigenvalue weighted by Crippen LogP contribution is -2.63. The van der Waals surface area contributed by atoms with Crippen LogP contribution in [0.1, 0.15) is 38.2 Å². The van der Waals surface area contributed by atoms with Crippen LogP contribution < -0.4 is 9.80 Å². The summed E-state index contributed by atoms with van der Waals surface area (Å²) >= 11 is 0. The van der Waals surface area contributed by atoms with E-state index < -0.39 is 9.84 Å². The van der Waals surface area contributed by atoms with Crippen molar-refractivity contribution in [3.63, 3.8) is 0 Å². The summed E-state index contributed by atoms with van der Waals surface area (Å²) in [6, 6.07) is 15.7. The van der Waals surface area contributed by atoms with Crippen LogP contribution in [0.2, 0.25) is 0 Å². The van der Waals surface area contributed by atoms with Gasteiger partial charge in [0.15, 0.2) is 15.5 Å². The molecule has 9 nitrogen and oxygen atoms in total. The Morgan fingerprint density at radius 1 is 0.952 bits per heavy atom. The molecule has 1 aromatic heterocycles. The molecule has 2 aromatic carbocycles. The third-order valence-electron chi connectivity index (χ3n) is 9.54. The van der Waals surface area contributed by atoms with Gasteiger partial charge >= 0.3 is 0 Å². The first-order valence-electron chi connectivity index (χ1n) is 15.2. The van der Waals surface area contributed by atoms with Crippen molar-refractivity contribution in [2.45, 2.75) is 51.2 Å². The van der Waals surface area contributed by atoms with Gasteiger partial charge in [0.2, 0.25) is 5.91 Å². The Morgan fingerprint density at radius 2 is 1.55 bits per heavy atom. The van der Waals surface area contributed by atoms with Crippen molar-refractivity contribution >= 4 is 38.0 Å². The number of rotatable bonds is 7. The van der Waals surface area contributed by atoms with Gasteiger partial charge in [-0.2, -0.15) is 0 Å². The Balaban J connectivity index is 1.44. The van der Waals surface area contributed by atoms with Crippen LogP contribution in [0, 0.1) is 0 Å². The maximum atomic E-state index is 12.1. The van der Waals surface area contributed by atoms with E-state index in [1.54, 1.807) is 0 Å². The molecule has 1 amide bonds. The summed E-state index contributed by atoms with van der Waals surface area (Å²) in [5.74, 6) is 0.362. The van der Waals surface area contributed by atoms with E-state index in [1.807, 2.05) is 24.3 Å². The van der Waals surface area contributed by atoms with Crippen LogP contribution in [-0.2, 0) is 30.7 Å². The average molecular weight is 596 g/mol. The van der Waals surface area contributed by atoms with Crippen molar-refractivity contribution in [1.82, 2.24) is 14.4 Å². The fourth-order valence-electron chi connectivity index (χ4n) is 7.15. The Hall–Kier alpha value is -2.76. The number of nitrogens with zero attached hydrogens (tertiary/aromatic N) is 2. The molecule has 3 aromatic rings. The summed E-state index contributed by atoms with van der Waals surface area (Å²) < 4.78 is 36.7. The Labute approximate surface area is 248 Å². The predicted octanol–water partition coefficient (Wildman–Crippen LogP) is 4.32. The molecule has 0 atom stereocenters. The van der Waals surface area contributed by atoms with Gasteiger partial charge in [-0.1, -0.05) is 12.1 Å². The van der Waals surface area contributed by atoms with E-state index in [0.29, 0.717) is 25.2 Å². The van der Waals surface area contributed by atoms with Crippen molar-refractivity contribution in [3.8, 4) is 11.3 Å². The zero-order valence-corrected chi connectivity index (χ0v) is 25.5. The number of sulfone groups is 1. The molecule has 3 saturated heterocycles. The maximum absolute atomic E-state index is 12.1. The molecule has 226 valence electrons. The highest BCUT2D eigenvalue weighted by Crippen LogP contribution is 2.42. The summed E-state index contributed by atoms with van der Waals surface area (Å²) in [4.78, 5) is 17.6. The van der Waals surface area contributed by atoms with Crippen molar-refractivity contribution < 1.29 is 22.7 Å². The van der Waals surface area contributed by atoms with E-state index in [9.17, 15) is 13.2 Å². The molecule has 0 saturated carbocycles. The maximum Gasteiger partial charge on any atom is 0.221 e. The first-order valence-corrected chi connectivity index (χ1v) is 17.0. The zero-order chi connectivity index (χ0) is 29.3. The van der Waals surface area contributed by atoms with Gasteiger partial charge in [-0.15, -0.1) is 0 Å². The van der Waals surface area contributed by atoms with Gasteiger partial charge in [0.25, 0.3) is 0 Å². The van der Waals surface area contributed by atoms with Crippen LogP contribution >= 0.6 is 0 Å². The molecule has 4 heterocycles. The summed E-state index contributed by atoms with van der Waals surface area (Å²) in [7, 11) is -0.519. The Morgan fingerprint density at radius 3 is 2.12 bits per heavy atom. The third kappa shape index (κ3) is 6.14. The van der Waals surface area contributed by atoms with Gasteiger partial charge in [0.1, 0.15) is 5.52 Å². The number of hydrogen-bond donors (Lipinski definition) is 2. The number of aromatic nitrogens is 1. The Kier molecular flexibility index (Phi) is 8.44. The molecular weight excluding hydrogens is 552 g/mol. The first-order chi connectivity index (χ1) is 20.2. The van der Waals surface area contributed by atoms with Gasteiger partial charge < -0.3 is 19.8 Å². The van der Waals surface area contributed by atoms with Crippen LogP contribution in [0.15, 0.2) is 42.5 Å². The first kappa shape index (κ1) is 29.3. The summed E-state index contributed by atoms with van der Waals surface area (Å²) in [5.41, 5.74) is 6.53. The topological polar surface area (TPSA) is 101 Å². The minimum atomic E-state index is -2.94. The number of nitrogens with one attached hydrogen (secondary N) is 2. The minimum absolute atomic E-state index is 0.0879. The molecular formula is C32H43N4O5S+. The number of amides is 1. The molecule has 0 spiro atoms. The van der Waals surface area contributed by atoms with Crippen molar-refractivity contribution in [2.75, 3.05) is 63.4 Å². The van der Waals surface area contributed by atoms with Crippen molar-refractivity contribution in [3.05, 3.63) is 48.0 Å². The molecule has 3 aliphatic rings. The van der Waals surface area contributed by atoms with Gasteiger partial charge in [-0.25, -0.2) is 8.42 Å². The fourth-order valence-corrected chi connectivity index (χ4v) is 8.43. The molecule has 0 radical (unpaired) electrons. The monoisotopic (exact) mass is 595 g/mol. The van der Waals surface area contributed by atoms with Crippen molar-refractivity contribution in [1.29, 1.82) is 0 Å². The lowest BCUT2D eigenvalue weighted by molar-refractivity contribution is -0.114. The quantitative estimate of drug-likeness (QED) is 0.395.